The second-order valence-electron chi connectivity index (χ2n) is 8.54. The Morgan fingerprint density at radius 1 is 0.917 bits per heavy atom. The van der Waals surface area contributed by atoms with E-state index in [9.17, 15) is 9.59 Å². The molecule has 0 aliphatic heterocycles. The molecule has 0 saturated carbocycles. The third-order valence-electron chi connectivity index (χ3n) is 5.77. The van der Waals surface area contributed by atoms with Crippen molar-refractivity contribution in [3.63, 3.8) is 0 Å². The lowest BCUT2D eigenvalue weighted by Crippen LogP contribution is -2.53. The highest BCUT2D eigenvalue weighted by atomic mass is 35.5. The zero-order chi connectivity index (χ0) is 26.1. The number of hydrogen-bond acceptors (Lipinski definition) is 3. The maximum absolute atomic E-state index is 13.6. The van der Waals surface area contributed by atoms with Gasteiger partial charge in [0.25, 0.3) is 5.91 Å². The van der Waals surface area contributed by atoms with Crippen LogP contribution in [0.25, 0.3) is 0 Å². The standard InChI is InChI=1S/C28H29Cl3N2O3/c1-3-19(2)32-28(35)26(15-20-8-5-4-6-9-20)33(17-21-12-13-24(30)25(31)14-21)27(34)18-36-23-11-7-10-22(29)16-23/h4-14,16,19,26H,3,15,17-18H2,1-2H3,(H,32,35)/t19-,26-/m1/s1. The van der Waals surface area contributed by atoms with Gasteiger partial charge in [0.15, 0.2) is 6.61 Å². The molecule has 0 bridgehead atoms. The lowest BCUT2D eigenvalue weighted by atomic mass is 10.0. The van der Waals surface area contributed by atoms with Crippen LogP contribution in [0.4, 0.5) is 0 Å². The Morgan fingerprint density at radius 3 is 2.33 bits per heavy atom. The smallest absolute Gasteiger partial charge is 0.261 e. The number of carbonyl (C=O) groups is 2. The monoisotopic (exact) mass is 546 g/mol. The Hall–Kier alpha value is -2.73. The van der Waals surface area contributed by atoms with Gasteiger partial charge in [-0.25, -0.2) is 0 Å². The molecule has 0 aromatic heterocycles. The number of ether oxygens (including phenoxy) is 1. The summed E-state index contributed by atoms with van der Waals surface area (Å²) in [6.07, 6.45) is 1.11. The molecule has 2 atom stereocenters. The topological polar surface area (TPSA) is 58.6 Å². The molecule has 190 valence electrons. The fourth-order valence-corrected chi connectivity index (χ4v) is 4.12. The molecule has 0 saturated heterocycles. The lowest BCUT2D eigenvalue weighted by Gasteiger charge is -2.32. The van der Waals surface area contributed by atoms with Gasteiger partial charge in [-0.2, -0.15) is 0 Å². The van der Waals surface area contributed by atoms with Crippen molar-refractivity contribution in [2.24, 2.45) is 0 Å². The molecule has 0 aliphatic carbocycles. The Kier molecular flexibility index (Phi) is 10.5. The van der Waals surface area contributed by atoms with Gasteiger partial charge in [-0.15, -0.1) is 0 Å². The van der Waals surface area contributed by atoms with Gasteiger partial charge < -0.3 is 15.0 Å². The molecule has 0 radical (unpaired) electrons. The van der Waals surface area contributed by atoms with E-state index in [2.05, 4.69) is 5.32 Å². The zero-order valence-electron chi connectivity index (χ0n) is 20.2. The minimum Gasteiger partial charge on any atom is -0.484 e. The summed E-state index contributed by atoms with van der Waals surface area (Å²) in [5.41, 5.74) is 1.68. The average molecular weight is 548 g/mol. The van der Waals surface area contributed by atoms with E-state index in [-0.39, 0.29) is 31.0 Å². The van der Waals surface area contributed by atoms with E-state index in [1.807, 2.05) is 44.2 Å². The van der Waals surface area contributed by atoms with E-state index in [1.165, 1.54) is 4.90 Å². The van der Waals surface area contributed by atoms with Gasteiger partial charge >= 0.3 is 0 Å². The Balaban J connectivity index is 1.93. The third-order valence-corrected chi connectivity index (χ3v) is 6.74. The van der Waals surface area contributed by atoms with Crippen LogP contribution in [0.2, 0.25) is 15.1 Å². The Labute approximate surface area is 227 Å². The van der Waals surface area contributed by atoms with Crippen LogP contribution in [0.5, 0.6) is 5.75 Å². The number of amides is 2. The first-order valence-corrected chi connectivity index (χ1v) is 12.9. The third kappa shape index (κ3) is 8.16. The summed E-state index contributed by atoms with van der Waals surface area (Å²) < 4.78 is 5.74. The van der Waals surface area contributed by atoms with Crippen molar-refractivity contribution >= 4 is 46.6 Å². The molecule has 3 aromatic carbocycles. The van der Waals surface area contributed by atoms with Crippen molar-refractivity contribution in [1.82, 2.24) is 10.2 Å². The minimum absolute atomic E-state index is 0.0413. The van der Waals surface area contributed by atoms with Crippen LogP contribution in [0.3, 0.4) is 0 Å². The molecule has 8 heteroatoms. The number of nitrogens with zero attached hydrogens (tertiary/aromatic N) is 1. The average Bonchev–Trinajstić information content (AvgIpc) is 2.87. The molecule has 3 rings (SSSR count). The summed E-state index contributed by atoms with van der Waals surface area (Å²) in [6.45, 7) is 3.82. The largest absolute Gasteiger partial charge is 0.484 e. The summed E-state index contributed by atoms with van der Waals surface area (Å²) in [4.78, 5) is 28.6. The number of carbonyl (C=O) groups excluding carboxylic acids is 2. The van der Waals surface area contributed by atoms with Crippen LogP contribution < -0.4 is 10.1 Å². The summed E-state index contributed by atoms with van der Waals surface area (Å²) >= 11 is 18.4. The van der Waals surface area contributed by atoms with Gasteiger partial charge in [0.05, 0.1) is 10.0 Å². The lowest BCUT2D eigenvalue weighted by molar-refractivity contribution is -0.143. The fraction of sp³-hybridized carbons (Fsp3) is 0.286. The highest BCUT2D eigenvalue weighted by Crippen LogP contribution is 2.25. The first-order valence-electron chi connectivity index (χ1n) is 11.7. The van der Waals surface area contributed by atoms with E-state index < -0.39 is 6.04 Å². The molecule has 0 fully saturated rings. The van der Waals surface area contributed by atoms with Gasteiger partial charge in [0.1, 0.15) is 11.8 Å². The van der Waals surface area contributed by atoms with Crippen molar-refractivity contribution in [2.75, 3.05) is 6.61 Å². The highest BCUT2D eigenvalue weighted by molar-refractivity contribution is 6.42. The van der Waals surface area contributed by atoms with Gasteiger partial charge in [-0.05, 0) is 54.8 Å². The molecule has 0 spiro atoms. The van der Waals surface area contributed by atoms with Gasteiger partial charge in [0, 0.05) is 24.0 Å². The molecule has 0 unspecified atom stereocenters. The van der Waals surface area contributed by atoms with Crippen molar-refractivity contribution < 1.29 is 14.3 Å². The molecular weight excluding hydrogens is 519 g/mol. The van der Waals surface area contributed by atoms with Crippen molar-refractivity contribution in [3.8, 4) is 5.75 Å². The SMILES string of the molecule is CC[C@@H](C)NC(=O)[C@@H](Cc1ccccc1)N(Cc1ccc(Cl)c(Cl)c1)C(=O)COc1cccc(Cl)c1. The van der Waals surface area contributed by atoms with E-state index in [0.29, 0.717) is 27.2 Å². The first-order chi connectivity index (χ1) is 17.3. The van der Waals surface area contributed by atoms with Crippen LogP contribution in [-0.2, 0) is 22.6 Å². The van der Waals surface area contributed by atoms with E-state index in [0.717, 1.165) is 17.5 Å². The van der Waals surface area contributed by atoms with Crippen LogP contribution >= 0.6 is 34.8 Å². The number of rotatable bonds is 11. The molecule has 3 aromatic rings. The first kappa shape index (κ1) is 27.9. The Morgan fingerprint density at radius 2 is 1.67 bits per heavy atom. The van der Waals surface area contributed by atoms with E-state index in [4.69, 9.17) is 39.5 Å². The van der Waals surface area contributed by atoms with Crippen molar-refractivity contribution in [3.05, 3.63) is 99.0 Å². The normalized spacial score (nSPS) is 12.5. The van der Waals surface area contributed by atoms with E-state index >= 15 is 0 Å². The zero-order valence-corrected chi connectivity index (χ0v) is 22.5. The fourth-order valence-electron chi connectivity index (χ4n) is 3.61. The predicted molar refractivity (Wildman–Crippen MR) is 146 cm³/mol. The highest BCUT2D eigenvalue weighted by Gasteiger charge is 2.31. The van der Waals surface area contributed by atoms with Crippen LogP contribution in [0.1, 0.15) is 31.4 Å². The van der Waals surface area contributed by atoms with Crippen LogP contribution in [0.15, 0.2) is 72.8 Å². The quantitative estimate of drug-likeness (QED) is 0.295. The van der Waals surface area contributed by atoms with Crippen LogP contribution in [-0.4, -0.2) is 35.4 Å². The summed E-state index contributed by atoms with van der Waals surface area (Å²) in [7, 11) is 0. The molecule has 1 N–H and O–H groups in total. The molecule has 36 heavy (non-hydrogen) atoms. The Bertz CT molecular complexity index is 1170. The number of hydrogen-bond donors (Lipinski definition) is 1. The minimum atomic E-state index is -0.772. The van der Waals surface area contributed by atoms with Crippen molar-refractivity contribution in [2.45, 2.75) is 45.3 Å². The van der Waals surface area contributed by atoms with Crippen molar-refractivity contribution in [1.29, 1.82) is 0 Å². The maximum atomic E-state index is 13.6. The second-order valence-corrected chi connectivity index (χ2v) is 9.79. The van der Waals surface area contributed by atoms with Gasteiger partial charge in [0.2, 0.25) is 5.91 Å². The second kappa shape index (κ2) is 13.5. The number of benzene rings is 3. The molecule has 5 nitrogen and oxygen atoms in total. The number of nitrogens with one attached hydrogen (secondary N) is 1. The predicted octanol–water partition coefficient (Wildman–Crippen LogP) is 6.58. The number of halogens is 3. The molecular formula is C28H29Cl3N2O3. The maximum Gasteiger partial charge on any atom is 0.261 e. The molecule has 0 heterocycles. The van der Waals surface area contributed by atoms with Gasteiger partial charge in [-0.1, -0.05) is 84.2 Å². The summed E-state index contributed by atoms with van der Waals surface area (Å²) in [5, 5.41) is 4.33. The molecule has 0 aliphatic rings. The van der Waals surface area contributed by atoms with Crippen LogP contribution in [0, 0.1) is 0 Å². The van der Waals surface area contributed by atoms with Gasteiger partial charge in [-0.3, -0.25) is 9.59 Å². The van der Waals surface area contributed by atoms with E-state index in [1.54, 1.807) is 42.5 Å². The summed E-state index contributed by atoms with van der Waals surface area (Å²) in [6, 6.07) is 20.8. The molecule has 2 amide bonds. The summed E-state index contributed by atoms with van der Waals surface area (Å²) in [5.74, 6) is -0.111.